The Morgan fingerprint density at radius 3 is 2.71 bits per heavy atom. The van der Waals surface area contributed by atoms with Gasteiger partial charge in [-0.2, -0.15) is 0 Å². The smallest absolute Gasteiger partial charge is 0.158 e. The van der Waals surface area contributed by atoms with Crippen molar-refractivity contribution >= 4 is 11.5 Å². The second kappa shape index (κ2) is 5.60. The third-order valence-corrected chi connectivity index (χ3v) is 4.01. The Hall–Kier alpha value is -2.29. The van der Waals surface area contributed by atoms with Crippen LogP contribution in [0.15, 0.2) is 52.8 Å². The largest absolute Gasteiger partial charge is 0.469 e. The third-order valence-electron chi connectivity index (χ3n) is 4.01. The van der Waals surface area contributed by atoms with Crippen LogP contribution in [-0.4, -0.2) is 5.78 Å². The van der Waals surface area contributed by atoms with Crippen molar-refractivity contribution in [2.45, 2.75) is 32.6 Å². The van der Waals surface area contributed by atoms with E-state index >= 15 is 0 Å². The van der Waals surface area contributed by atoms with Crippen LogP contribution >= 0.6 is 0 Å². The quantitative estimate of drug-likeness (QED) is 0.910. The lowest BCUT2D eigenvalue weighted by atomic mass is 9.89. The summed E-state index contributed by atoms with van der Waals surface area (Å²) in [6.45, 7) is 4.18. The molecule has 3 nitrogen and oxygen atoms in total. The number of rotatable bonds is 3. The van der Waals surface area contributed by atoms with Gasteiger partial charge in [0.25, 0.3) is 0 Å². The molecule has 0 fully saturated rings. The molecule has 108 valence electrons. The summed E-state index contributed by atoms with van der Waals surface area (Å²) in [4.78, 5) is 11.9. The number of carbonyl (C=O) groups excluding carboxylic acids is 1. The Labute approximate surface area is 124 Å². The fourth-order valence-electron chi connectivity index (χ4n) is 2.71. The van der Waals surface area contributed by atoms with Crippen molar-refractivity contribution in [2.75, 3.05) is 5.32 Å². The van der Waals surface area contributed by atoms with E-state index in [0.717, 1.165) is 23.6 Å². The van der Waals surface area contributed by atoms with Crippen LogP contribution in [0.3, 0.4) is 0 Å². The van der Waals surface area contributed by atoms with Crippen molar-refractivity contribution in [3.05, 3.63) is 65.3 Å². The standard InChI is InChI=1S/C18H19NO2/c1-12-5-6-15(8-13(12)2)19-16-9-14(10-17(20)11-16)18-4-3-7-21-18/h3-8,11,14,19H,9-10H2,1-2H3/t14-/m0/s1. The first kappa shape index (κ1) is 13.7. The zero-order valence-electron chi connectivity index (χ0n) is 12.3. The summed E-state index contributed by atoms with van der Waals surface area (Å²) in [5, 5.41) is 3.37. The Balaban J connectivity index is 1.78. The SMILES string of the molecule is Cc1ccc(NC2=CC(=O)C[C@@H](c3ccco3)C2)cc1C. The van der Waals surface area contributed by atoms with Gasteiger partial charge in [-0.1, -0.05) is 6.07 Å². The third kappa shape index (κ3) is 3.07. The van der Waals surface area contributed by atoms with Crippen LogP contribution in [0.25, 0.3) is 0 Å². The first-order chi connectivity index (χ1) is 10.1. The molecule has 1 atom stereocenters. The van der Waals surface area contributed by atoms with Gasteiger partial charge in [-0.15, -0.1) is 0 Å². The number of hydrogen-bond acceptors (Lipinski definition) is 3. The van der Waals surface area contributed by atoms with Gasteiger partial charge in [0.2, 0.25) is 0 Å². The van der Waals surface area contributed by atoms with E-state index < -0.39 is 0 Å². The van der Waals surface area contributed by atoms with Crippen molar-refractivity contribution in [1.82, 2.24) is 0 Å². The van der Waals surface area contributed by atoms with Gasteiger partial charge in [0.1, 0.15) is 5.76 Å². The molecule has 1 aliphatic rings. The number of nitrogens with one attached hydrogen (secondary N) is 1. The summed E-state index contributed by atoms with van der Waals surface area (Å²) in [5.41, 5.74) is 4.49. The number of ketones is 1. The molecule has 21 heavy (non-hydrogen) atoms. The summed E-state index contributed by atoms with van der Waals surface area (Å²) in [5.74, 6) is 1.16. The Bertz CT molecular complexity index is 683. The summed E-state index contributed by atoms with van der Waals surface area (Å²) in [6.07, 6.45) is 4.70. The second-order valence-corrected chi connectivity index (χ2v) is 5.68. The highest BCUT2D eigenvalue weighted by Crippen LogP contribution is 2.32. The minimum atomic E-state index is 0.131. The van der Waals surface area contributed by atoms with Gasteiger partial charge in [0.15, 0.2) is 5.78 Å². The fourth-order valence-corrected chi connectivity index (χ4v) is 2.71. The number of hydrogen-bond donors (Lipinski definition) is 1. The molecule has 0 saturated heterocycles. The van der Waals surface area contributed by atoms with Crippen molar-refractivity contribution in [3.8, 4) is 0 Å². The molecule has 1 aromatic carbocycles. The average molecular weight is 281 g/mol. The number of anilines is 1. The molecule has 0 unspecified atom stereocenters. The minimum Gasteiger partial charge on any atom is -0.469 e. The molecule has 3 rings (SSSR count). The van der Waals surface area contributed by atoms with Crippen molar-refractivity contribution in [1.29, 1.82) is 0 Å². The maximum atomic E-state index is 11.9. The predicted octanol–water partition coefficient (Wildman–Crippen LogP) is 4.34. The van der Waals surface area contributed by atoms with Crippen LogP contribution < -0.4 is 5.32 Å². The van der Waals surface area contributed by atoms with E-state index in [1.165, 1.54) is 11.1 Å². The highest BCUT2D eigenvalue weighted by atomic mass is 16.3. The molecule has 0 bridgehead atoms. The van der Waals surface area contributed by atoms with Crippen LogP contribution in [0.2, 0.25) is 0 Å². The van der Waals surface area contributed by atoms with E-state index in [1.807, 2.05) is 18.2 Å². The maximum Gasteiger partial charge on any atom is 0.158 e. The van der Waals surface area contributed by atoms with Gasteiger partial charge in [-0.05, 0) is 55.7 Å². The lowest BCUT2D eigenvalue weighted by Gasteiger charge is -2.21. The molecular formula is C18H19NO2. The van der Waals surface area contributed by atoms with E-state index in [-0.39, 0.29) is 11.7 Å². The number of carbonyl (C=O) groups is 1. The van der Waals surface area contributed by atoms with Crippen LogP contribution in [-0.2, 0) is 4.79 Å². The first-order valence-electron chi connectivity index (χ1n) is 7.23. The molecule has 0 radical (unpaired) electrons. The monoisotopic (exact) mass is 281 g/mol. The van der Waals surface area contributed by atoms with E-state index in [2.05, 4.69) is 31.3 Å². The normalized spacial score (nSPS) is 18.5. The van der Waals surface area contributed by atoms with Gasteiger partial charge >= 0.3 is 0 Å². The Morgan fingerprint density at radius 2 is 2.00 bits per heavy atom. The maximum absolute atomic E-state index is 11.9. The van der Waals surface area contributed by atoms with E-state index in [4.69, 9.17) is 4.42 Å². The van der Waals surface area contributed by atoms with Gasteiger partial charge in [0.05, 0.1) is 6.26 Å². The highest BCUT2D eigenvalue weighted by Gasteiger charge is 2.24. The fraction of sp³-hybridized carbons (Fsp3) is 0.278. The topological polar surface area (TPSA) is 42.2 Å². The molecule has 1 heterocycles. The molecule has 0 spiro atoms. The number of allylic oxidation sites excluding steroid dienone is 2. The van der Waals surface area contributed by atoms with Gasteiger partial charge < -0.3 is 9.73 Å². The molecule has 2 aromatic rings. The zero-order chi connectivity index (χ0) is 14.8. The molecule has 1 N–H and O–H groups in total. The summed E-state index contributed by atoms with van der Waals surface area (Å²) < 4.78 is 5.45. The molecule has 1 aromatic heterocycles. The van der Waals surface area contributed by atoms with Crippen LogP contribution in [0.4, 0.5) is 5.69 Å². The number of furan rings is 1. The molecule has 0 saturated carbocycles. The molecule has 3 heteroatoms. The average Bonchev–Trinajstić information content (AvgIpc) is 2.96. The zero-order valence-corrected chi connectivity index (χ0v) is 12.3. The van der Waals surface area contributed by atoms with Crippen molar-refractivity contribution < 1.29 is 9.21 Å². The van der Waals surface area contributed by atoms with E-state index in [0.29, 0.717) is 6.42 Å². The second-order valence-electron chi connectivity index (χ2n) is 5.68. The summed E-state index contributed by atoms with van der Waals surface area (Å²) >= 11 is 0. The van der Waals surface area contributed by atoms with Gasteiger partial charge in [-0.25, -0.2) is 0 Å². The minimum absolute atomic E-state index is 0.131. The summed E-state index contributed by atoms with van der Waals surface area (Å²) in [7, 11) is 0. The van der Waals surface area contributed by atoms with Crippen LogP contribution in [0, 0.1) is 13.8 Å². The van der Waals surface area contributed by atoms with Gasteiger partial charge in [0, 0.05) is 29.8 Å². The van der Waals surface area contributed by atoms with Gasteiger partial charge in [-0.3, -0.25) is 4.79 Å². The van der Waals surface area contributed by atoms with E-state index in [1.54, 1.807) is 12.3 Å². The Morgan fingerprint density at radius 1 is 1.14 bits per heavy atom. The molecule has 1 aliphatic carbocycles. The predicted molar refractivity (Wildman–Crippen MR) is 83.3 cm³/mol. The number of aryl methyl sites for hydroxylation is 2. The molecule has 0 aliphatic heterocycles. The lowest BCUT2D eigenvalue weighted by molar-refractivity contribution is -0.115. The highest BCUT2D eigenvalue weighted by molar-refractivity contribution is 5.92. The van der Waals surface area contributed by atoms with Crippen LogP contribution in [0.5, 0.6) is 0 Å². The van der Waals surface area contributed by atoms with Crippen LogP contribution in [0.1, 0.15) is 35.6 Å². The van der Waals surface area contributed by atoms with Crippen molar-refractivity contribution in [2.24, 2.45) is 0 Å². The Kier molecular flexibility index (Phi) is 3.65. The van der Waals surface area contributed by atoms with Crippen molar-refractivity contribution in [3.63, 3.8) is 0 Å². The van der Waals surface area contributed by atoms with E-state index in [9.17, 15) is 4.79 Å². The molecule has 0 amide bonds. The number of benzene rings is 1. The first-order valence-corrected chi connectivity index (χ1v) is 7.23. The lowest BCUT2D eigenvalue weighted by Crippen LogP contribution is -2.16. The molecular weight excluding hydrogens is 262 g/mol. The summed E-state index contributed by atoms with van der Waals surface area (Å²) in [6, 6.07) is 10.1.